The summed E-state index contributed by atoms with van der Waals surface area (Å²) in [5, 5.41) is 19.7. The minimum absolute atomic E-state index is 0.0741. The lowest BCUT2D eigenvalue weighted by molar-refractivity contribution is 0.0699. The van der Waals surface area contributed by atoms with Gasteiger partial charge in [0.05, 0.1) is 12.3 Å². The number of nitrogens with zero attached hydrogens (tertiary/aromatic N) is 3. The van der Waals surface area contributed by atoms with Crippen molar-refractivity contribution in [3.63, 3.8) is 0 Å². The highest BCUT2D eigenvalue weighted by molar-refractivity contribution is 5.91. The fourth-order valence-corrected chi connectivity index (χ4v) is 2.35. The molecule has 1 aliphatic rings. The molecular weight excluding hydrogens is 220 g/mol. The highest BCUT2D eigenvalue weighted by atomic mass is 16.3. The zero-order valence-corrected chi connectivity index (χ0v) is 10.2. The highest BCUT2D eigenvalue weighted by Gasteiger charge is 2.32. The van der Waals surface area contributed by atoms with Crippen molar-refractivity contribution in [2.45, 2.75) is 32.8 Å². The zero-order valence-electron chi connectivity index (χ0n) is 10.2. The molecule has 0 radical (unpaired) electrons. The molecule has 0 spiro atoms. The van der Waals surface area contributed by atoms with Crippen LogP contribution in [0.3, 0.4) is 0 Å². The Balaban J connectivity index is 2.13. The molecule has 2 N–H and O–H groups in total. The van der Waals surface area contributed by atoms with Gasteiger partial charge in [-0.15, -0.1) is 0 Å². The molecule has 2 heterocycles. The second-order valence-corrected chi connectivity index (χ2v) is 5.39. The minimum atomic E-state index is -0.333. The van der Waals surface area contributed by atoms with Crippen molar-refractivity contribution in [1.82, 2.24) is 20.3 Å². The first-order valence-corrected chi connectivity index (χ1v) is 5.81. The molecule has 1 fully saturated rings. The molecular formula is C11H18N4O2. The summed E-state index contributed by atoms with van der Waals surface area (Å²) in [5.74, 6) is -0.124. The smallest absolute Gasteiger partial charge is 0.276 e. The van der Waals surface area contributed by atoms with Crippen molar-refractivity contribution in [3.8, 4) is 0 Å². The number of amides is 1. The van der Waals surface area contributed by atoms with Gasteiger partial charge in [0.25, 0.3) is 5.91 Å². The monoisotopic (exact) mass is 238 g/mol. The van der Waals surface area contributed by atoms with Crippen LogP contribution in [0.5, 0.6) is 0 Å². The van der Waals surface area contributed by atoms with Crippen molar-refractivity contribution >= 4 is 5.91 Å². The van der Waals surface area contributed by atoms with Crippen LogP contribution in [-0.2, 0) is 0 Å². The van der Waals surface area contributed by atoms with Crippen LogP contribution in [0.25, 0.3) is 0 Å². The molecule has 1 aromatic rings. The molecule has 1 saturated heterocycles. The van der Waals surface area contributed by atoms with Crippen LogP contribution in [0.15, 0.2) is 6.20 Å². The Labute approximate surface area is 100 Å². The highest BCUT2D eigenvalue weighted by Crippen LogP contribution is 2.28. The molecule has 17 heavy (non-hydrogen) atoms. The van der Waals surface area contributed by atoms with Gasteiger partial charge in [0.1, 0.15) is 0 Å². The fourth-order valence-electron chi connectivity index (χ4n) is 2.35. The van der Waals surface area contributed by atoms with E-state index in [2.05, 4.69) is 29.3 Å². The van der Waals surface area contributed by atoms with Gasteiger partial charge in [0.15, 0.2) is 5.69 Å². The summed E-state index contributed by atoms with van der Waals surface area (Å²) in [6, 6.07) is 0. The Kier molecular flexibility index (Phi) is 3.15. The number of rotatable bonds is 1. The molecule has 2 rings (SSSR count). The molecule has 6 nitrogen and oxygen atoms in total. The van der Waals surface area contributed by atoms with E-state index >= 15 is 0 Å². The van der Waals surface area contributed by atoms with Crippen LogP contribution < -0.4 is 0 Å². The predicted molar refractivity (Wildman–Crippen MR) is 61.3 cm³/mol. The van der Waals surface area contributed by atoms with Crippen molar-refractivity contribution in [2.24, 2.45) is 5.41 Å². The fraction of sp³-hybridized carbons (Fsp3) is 0.727. The lowest BCUT2D eigenvalue weighted by atomic mass is 9.87. The van der Waals surface area contributed by atoms with E-state index < -0.39 is 0 Å². The molecule has 1 amide bonds. The van der Waals surface area contributed by atoms with Crippen LogP contribution >= 0.6 is 0 Å². The lowest BCUT2D eigenvalue weighted by Crippen LogP contribution is -2.37. The van der Waals surface area contributed by atoms with Gasteiger partial charge in [0.2, 0.25) is 0 Å². The van der Waals surface area contributed by atoms with Crippen LogP contribution in [0.4, 0.5) is 0 Å². The number of carbonyl (C=O) groups is 1. The van der Waals surface area contributed by atoms with Gasteiger partial charge in [-0.1, -0.05) is 13.8 Å². The number of hydrogen-bond acceptors (Lipinski definition) is 4. The molecule has 0 aromatic carbocycles. The van der Waals surface area contributed by atoms with Gasteiger partial charge in [-0.3, -0.25) is 4.79 Å². The number of aliphatic hydroxyl groups is 1. The van der Waals surface area contributed by atoms with Crippen molar-refractivity contribution in [2.75, 3.05) is 13.1 Å². The number of aromatic amines is 1. The third-order valence-electron chi connectivity index (χ3n) is 3.06. The number of carbonyl (C=O) groups excluding carboxylic acids is 1. The summed E-state index contributed by atoms with van der Waals surface area (Å²) in [5.41, 5.74) is 0.257. The molecule has 1 aliphatic heterocycles. The first-order chi connectivity index (χ1) is 7.98. The van der Waals surface area contributed by atoms with Crippen LogP contribution in [0.1, 0.15) is 37.2 Å². The maximum atomic E-state index is 12.1. The van der Waals surface area contributed by atoms with E-state index in [0.717, 1.165) is 6.42 Å². The molecule has 0 bridgehead atoms. The average molecular weight is 238 g/mol. The number of hydrogen-bond donors (Lipinski definition) is 2. The van der Waals surface area contributed by atoms with E-state index in [9.17, 15) is 9.90 Å². The number of likely N-dealkylation sites (tertiary alicyclic amines) is 1. The normalized spacial score (nSPS) is 24.4. The maximum absolute atomic E-state index is 12.1. The summed E-state index contributed by atoms with van der Waals surface area (Å²) in [6.45, 7) is 5.32. The Morgan fingerprint density at radius 3 is 3.06 bits per heavy atom. The second kappa shape index (κ2) is 4.44. The number of H-pyrrole nitrogens is 1. The molecule has 0 saturated carbocycles. The zero-order chi connectivity index (χ0) is 12.5. The molecule has 1 aromatic heterocycles. The lowest BCUT2D eigenvalue weighted by Gasteiger charge is -2.29. The SMILES string of the molecule is CC1(C)C[C@H](O)CCN(C(=O)c2cn[nH]n2)C1. The van der Waals surface area contributed by atoms with Gasteiger partial charge >= 0.3 is 0 Å². The third-order valence-corrected chi connectivity index (χ3v) is 3.06. The summed E-state index contributed by atoms with van der Waals surface area (Å²) >= 11 is 0. The number of aromatic nitrogens is 3. The largest absolute Gasteiger partial charge is 0.393 e. The first kappa shape index (κ1) is 12.0. The van der Waals surface area contributed by atoms with Crippen molar-refractivity contribution in [3.05, 3.63) is 11.9 Å². The van der Waals surface area contributed by atoms with Gasteiger partial charge in [-0.2, -0.15) is 15.4 Å². The van der Waals surface area contributed by atoms with Crippen molar-refractivity contribution < 1.29 is 9.90 Å². The van der Waals surface area contributed by atoms with Gasteiger partial charge in [-0.25, -0.2) is 0 Å². The molecule has 0 unspecified atom stereocenters. The van der Waals surface area contributed by atoms with Gasteiger partial charge < -0.3 is 10.0 Å². The summed E-state index contributed by atoms with van der Waals surface area (Å²) in [6.07, 6.45) is 2.43. The van der Waals surface area contributed by atoms with Crippen molar-refractivity contribution in [1.29, 1.82) is 0 Å². The Hall–Kier alpha value is -1.43. The average Bonchev–Trinajstić information content (AvgIpc) is 2.71. The van der Waals surface area contributed by atoms with E-state index in [1.165, 1.54) is 6.20 Å². The quantitative estimate of drug-likeness (QED) is 0.743. The molecule has 0 aliphatic carbocycles. The summed E-state index contributed by atoms with van der Waals surface area (Å²) in [4.78, 5) is 13.9. The van der Waals surface area contributed by atoms with E-state index in [-0.39, 0.29) is 17.4 Å². The minimum Gasteiger partial charge on any atom is -0.393 e. The maximum Gasteiger partial charge on any atom is 0.276 e. The van der Waals surface area contributed by atoms with Crippen LogP contribution in [0, 0.1) is 5.41 Å². The van der Waals surface area contributed by atoms with E-state index in [1.54, 1.807) is 4.90 Å². The van der Waals surface area contributed by atoms with E-state index in [0.29, 0.717) is 25.2 Å². The van der Waals surface area contributed by atoms with E-state index in [1.807, 2.05) is 0 Å². The topological polar surface area (TPSA) is 82.1 Å². The molecule has 1 atom stereocenters. The second-order valence-electron chi connectivity index (χ2n) is 5.39. The molecule has 6 heteroatoms. The number of nitrogens with one attached hydrogen (secondary N) is 1. The molecule has 94 valence electrons. The Morgan fingerprint density at radius 1 is 1.65 bits per heavy atom. The number of aliphatic hydroxyl groups excluding tert-OH is 1. The standard InChI is InChI=1S/C11H18N4O2/c1-11(2)5-8(16)3-4-15(7-11)10(17)9-6-12-14-13-9/h6,8,16H,3-5,7H2,1-2H3,(H,12,13,14)/t8-/m1/s1. The summed E-state index contributed by atoms with van der Waals surface area (Å²) < 4.78 is 0. The third kappa shape index (κ3) is 2.82. The van der Waals surface area contributed by atoms with Gasteiger partial charge in [-0.05, 0) is 18.3 Å². The first-order valence-electron chi connectivity index (χ1n) is 5.81. The Bertz CT molecular complexity index is 388. The predicted octanol–water partition coefficient (Wildman–Crippen LogP) is 0.428. The van der Waals surface area contributed by atoms with Crippen LogP contribution in [0.2, 0.25) is 0 Å². The summed E-state index contributed by atoms with van der Waals surface area (Å²) in [7, 11) is 0. The van der Waals surface area contributed by atoms with Gasteiger partial charge in [0, 0.05) is 13.1 Å². The van der Waals surface area contributed by atoms with E-state index in [4.69, 9.17) is 0 Å². The Morgan fingerprint density at radius 2 is 2.41 bits per heavy atom. The van der Waals surface area contributed by atoms with Crippen LogP contribution in [-0.4, -0.2) is 50.5 Å².